The van der Waals surface area contributed by atoms with Crippen LogP contribution in [-0.2, 0) is 0 Å². The van der Waals surface area contributed by atoms with Crippen molar-refractivity contribution in [3.63, 3.8) is 0 Å². The summed E-state index contributed by atoms with van der Waals surface area (Å²) in [6.07, 6.45) is 0.495. The average molecular weight is 522 g/mol. The van der Waals surface area contributed by atoms with Crippen molar-refractivity contribution in [2.45, 2.75) is 20.3 Å². The smallest absolute Gasteiger partial charge is 0.231 e. The number of fused-ring (bicyclic) bond motifs is 1. The maximum Gasteiger partial charge on any atom is 0.231 e. The van der Waals surface area contributed by atoms with Crippen LogP contribution in [0.3, 0.4) is 0 Å². The maximum atomic E-state index is 8.82. The van der Waals surface area contributed by atoms with E-state index in [0.29, 0.717) is 28.1 Å². The van der Waals surface area contributed by atoms with E-state index >= 15 is 0 Å². The predicted molar refractivity (Wildman–Crippen MR) is 144 cm³/mol. The van der Waals surface area contributed by atoms with E-state index in [1.807, 2.05) is 49.4 Å². The van der Waals surface area contributed by atoms with Crippen molar-refractivity contribution in [1.82, 2.24) is 4.98 Å². The highest BCUT2D eigenvalue weighted by Gasteiger charge is 2.08. The molecule has 0 aliphatic rings. The highest BCUT2D eigenvalue weighted by molar-refractivity contribution is 7.22. The monoisotopic (exact) mass is 521 g/mol. The molecule has 0 atom stereocenters. The third kappa shape index (κ3) is 6.20. The van der Waals surface area contributed by atoms with E-state index in [-0.39, 0.29) is 0 Å². The van der Waals surface area contributed by atoms with Crippen LogP contribution in [0.25, 0.3) is 10.2 Å². The number of rotatable bonds is 8. The largest absolute Gasteiger partial charge is 0.371 e. The van der Waals surface area contributed by atoms with E-state index in [1.165, 1.54) is 11.3 Å². The van der Waals surface area contributed by atoms with Gasteiger partial charge in [-0.25, -0.2) is 4.98 Å². The van der Waals surface area contributed by atoms with Gasteiger partial charge < -0.3 is 4.90 Å². The van der Waals surface area contributed by atoms with Gasteiger partial charge in [0.05, 0.1) is 49.8 Å². The van der Waals surface area contributed by atoms with E-state index in [4.69, 9.17) is 28.5 Å². The molecule has 10 heteroatoms. The predicted octanol–water partition coefficient (Wildman–Crippen LogP) is 9.48. The number of nitrogens with zero attached hydrogens (tertiary/aromatic N) is 7. The second kappa shape index (κ2) is 11.4. The van der Waals surface area contributed by atoms with Gasteiger partial charge in [0.2, 0.25) is 5.13 Å². The molecule has 0 radical (unpaired) electrons. The molecule has 0 N–H and O–H groups in total. The van der Waals surface area contributed by atoms with Crippen molar-refractivity contribution in [3.05, 3.63) is 70.2 Å². The first-order valence-electron chi connectivity index (χ1n) is 10.9. The average Bonchev–Trinajstić information content (AvgIpc) is 3.25. The fourth-order valence-corrected chi connectivity index (χ4v) is 4.56. The number of azo groups is 2. The van der Waals surface area contributed by atoms with Crippen molar-refractivity contribution in [2.24, 2.45) is 20.5 Å². The molecule has 1 heterocycles. The lowest BCUT2D eigenvalue weighted by atomic mass is 10.2. The Labute approximate surface area is 217 Å². The molecule has 0 unspecified atom stereocenters. The molecule has 0 amide bonds. The fraction of sp³-hybridized carbons (Fsp3) is 0.200. The van der Waals surface area contributed by atoms with Gasteiger partial charge in [0.15, 0.2) is 0 Å². The highest BCUT2D eigenvalue weighted by Crippen LogP contribution is 2.35. The Morgan fingerprint density at radius 2 is 1.66 bits per heavy atom. The molecule has 0 aliphatic heterocycles. The zero-order chi connectivity index (χ0) is 24.8. The van der Waals surface area contributed by atoms with Crippen LogP contribution in [0.5, 0.6) is 0 Å². The summed E-state index contributed by atoms with van der Waals surface area (Å²) >= 11 is 13.5. The first-order chi connectivity index (χ1) is 17.0. The Morgan fingerprint density at radius 1 is 0.943 bits per heavy atom. The van der Waals surface area contributed by atoms with E-state index in [0.717, 1.165) is 45.1 Å². The lowest BCUT2D eigenvalue weighted by Gasteiger charge is -2.21. The highest BCUT2D eigenvalue weighted by atomic mass is 35.5. The van der Waals surface area contributed by atoms with Gasteiger partial charge >= 0.3 is 0 Å². The van der Waals surface area contributed by atoms with Crippen LogP contribution in [-0.4, -0.2) is 18.1 Å². The van der Waals surface area contributed by atoms with Crippen molar-refractivity contribution >= 4 is 72.6 Å². The van der Waals surface area contributed by atoms with E-state index < -0.39 is 0 Å². The molecule has 4 rings (SSSR count). The van der Waals surface area contributed by atoms with Crippen molar-refractivity contribution in [2.75, 3.05) is 18.0 Å². The Bertz CT molecular complexity index is 1400. The minimum Gasteiger partial charge on any atom is -0.371 e. The molecule has 0 saturated heterocycles. The molecule has 0 spiro atoms. The van der Waals surface area contributed by atoms with Crippen LogP contribution in [0.15, 0.2) is 75.1 Å². The second-order valence-corrected chi connectivity index (χ2v) is 9.43. The number of hydrogen-bond acceptors (Lipinski definition) is 8. The number of benzene rings is 3. The normalized spacial score (nSPS) is 11.5. The zero-order valence-corrected chi connectivity index (χ0v) is 21.4. The molecule has 4 aromatic rings. The van der Waals surface area contributed by atoms with E-state index in [1.54, 1.807) is 12.1 Å². The quantitative estimate of drug-likeness (QED) is 0.216. The number of aryl methyl sites for hydroxylation is 1. The van der Waals surface area contributed by atoms with Gasteiger partial charge in [0.25, 0.3) is 0 Å². The summed E-state index contributed by atoms with van der Waals surface area (Å²) in [7, 11) is 0. The Morgan fingerprint density at radius 3 is 2.37 bits per heavy atom. The number of aromatic nitrogens is 1. The van der Waals surface area contributed by atoms with Gasteiger partial charge in [-0.3, -0.25) is 0 Å². The summed E-state index contributed by atoms with van der Waals surface area (Å²) in [6, 6.07) is 19.1. The van der Waals surface area contributed by atoms with E-state index in [9.17, 15) is 0 Å². The Kier molecular flexibility index (Phi) is 8.03. The van der Waals surface area contributed by atoms with Gasteiger partial charge in [-0.05, 0) is 74.0 Å². The topological polar surface area (TPSA) is 89.4 Å². The summed E-state index contributed by atoms with van der Waals surface area (Å²) < 4.78 is 0.901. The number of hydrogen-bond donors (Lipinski definition) is 0. The number of halogens is 2. The molecule has 0 aliphatic carbocycles. The van der Waals surface area contributed by atoms with Gasteiger partial charge in [-0.2, -0.15) is 15.5 Å². The number of anilines is 1. The minimum atomic E-state index is 0.461. The molecule has 35 heavy (non-hydrogen) atoms. The minimum absolute atomic E-state index is 0.461. The summed E-state index contributed by atoms with van der Waals surface area (Å²) in [5.74, 6) is 0. The third-order valence-electron chi connectivity index (χ3n) is 5.21. The summed E-state index contributed by atoms with van der Waals surface area (Å²) in [5, 5.41) is 27.6. The zero-order valence-electron chi connectivity index (χ0n) is 19.1. The van der Waals surface area contributed by atoms with Crippen LogP contribution < -0.4 is 4.90 Å². The molecule has 0 bridgehead atoms. The Hall–Kier alpha value is -3.38. The van der Waals surface area contributed by atoms with Gasteiger partial charge in [-0.1, -0.05) is 34.5 Å². The fourth-order valence-electron chi connectivity index (χ4n) is 3.37. The molecule has 0 fully saturated rings. The van der Waals surface area contributed by atoms with Crippen molar-refractivity contribution < 1.29 is 0 Å². The lowest BCUT2D eigenvalue weighted by Crippen LogP contribution is -2.23. The van der Waals surface area contributed by atoms with Crippen LogP contribution in [0, 0.1) is 18.3 Å². The first-order valence-corrected chi connectivity index (χ1v) is 12.5. The first kappa shape index (κ1) is 24.7. The standard InChI is InChI=1S/C25H21Cl2N7S/c1-3-34(12-4-11-28)19-8-5-17(6-9-19)30-31-18-7-10-22(16(2)13-18)32-33-25-29-23-14-20(26)21(27)15-24(23)35-25/h5-10,13-15H,3-4,12H2,1-2H3. The number of thiazole rings is 1. The third-order valence-corrected chi connectivity index (χ3v) is 6.84. The molecule has 0 saturated carbocycles. The lowest BCUT2D eigenvalue weighted by molar-refractivity contribution is 0.827. The summed E-state index contributed by atoms with van der Waals surface area (Å²) in [6.45, 7) is 5.56. The van der Waals surface area contributed by atoms with Crippen LogP contribution >= 0.6 is 34.5 Å². The van der Waals surface area contributed by atoms with Crippen LogP contribution in [0.2, 0.25) is 10.0 Å². The SMILES string of the molecule is CCN(CCC#N)c1ccc(N=Nc2ccc(N=Nc3nc4cc(Cl)c(Cl)cc4s3)c(C)c2)cc1. The van der Waals surface area contributed by atoms with Crippen molar-refractivity contribution in [3.8, 4) is 6.07 Å². The van der Waals surface area contributed by atoms with Gasteiger partial charge in [0, 0.05) is 18.8 Å². The van der Waals surface area contributed by atoms with Gasteiger partial charge in [0.1, 0.15) is 0 Å². The molecule has 7 nitrogen and oxygen atoms in total. The molecular formula is C25H21Cl2N7S. The van der Waals surface area contributed by atoms with Crippen LogP contribution in [0.1, 0.15) is 18.9 Å². The van der Waals surface area contributed by atoms with Crippen molar-refractivity contribution in [1.29, 1.82) is 5.26 Å². The number of nitriles is 1. The summed E-state index contributed by atoms with van der Waals surface area (Å²) in [5.41, 5.74) is 4.92. The molecule has 3 aromatic carbocycles. The second-order valence-electron chi connectivity index (χ2n) is 7.61. The summed E-state index contributed by atoms with van der Waals surface area (Å²) in [4.78, 5) is 6.59. The van der Waals surface area contributed by atoms with Gasteiger partial charge in [-0.15, -0.1) is 10.2 Å². The van der Waals surface area contributed by atoms with E-state index in [2.05, 4.69) is 43.3 Å². The maximum absolute atomic E-state index is 8.82. The molecule has 1 aromatic heterocycles. The Balaban J connectivity index is 1.44. The van der Waals surface area contributed by atoms with Crippen LogP contribution in [0.4, 0.5) is 27.9 Å². The molecular weight excluding hydrogens is 501 g/mol. The molecule has 176 valence electrons.